The molecule has 0 N–H and O–H groups in total. The van der Waals surface area contributed by atoms with E-state index in [9.17, 15) is 0 Å². The van der Waals surface area contributed by atoms with Gasteiger partial charge in [-0.15, -0.1) is 0 Å². The van der Waals surface area contributed by atoms with Gasteiger partial charge in [0.1, 0.15) is 0 Å². The molecule has 2 saturated heterocycles. The van der Waals surface area contributed by atoms with Crippen LogP contribution in [0, 0.1) is 0 Å². The second kappa shape index (κ2) is 9.68. The molecule has 0 bridgehead atoms. The second-order valence-electron chi connectivity index (χ2n) is 9.78. The molecule has 1 aliphatic carbocycles. The van der Waals surface area contributed by atoms with E-state index in [0.717, 1.165) is 24.6 Å². The van der Waals surface area contributed by atoms with Crippen molar-refractivity contribution in [3.8, 4) is 0 Å². The van der Waals surface area contributed by atoms with Crippen molar-refractivity contribution in [3.63, 3.8) is 0 Å². The molecule has 4 aromatic rings. The Morgan fingerprint density at radius 2 is 0.972 bits per heavy atom. The van der Waals surface area contributed by atoms with E-state index in [2.05, 4.69) is 133 Å². The molecule has 7 rings (SSSR count). The Bertz CT molecular complexity index is 1280. The van der Waals surface area contributed by atoms with Gasteiger partial charge in [0.2, 0.25) is 0 Å². The van der Waals surface area contributed by atoms with Crippen molar-refractivity contribution in [2.45, 2.75) is 18.3 Å². The third-order valence-corrected chi connectivity index (χ3v) is 21.7. The first-order chi connectivity index (χ1) is 17.8. The Morgan fingerprint density at radius 3 is 1.42 bits per heavy atom. The molecule has 3 aliphatic rings. The fourth-order valence-electron chi connectivity index (χ4n) is 5.71. The fourth-order valence-corrected chi connectivity index (χ4v) is 21.7. The standard InChI is InChI=1S/C32H28P2Se2/c1-5-13-25(14-6-1)33(26-15-7-2-8-16-26)23-31-22-21-29-30(35-29)32(31,36-31)24-34(27-17-9-3-10-18-27)28-19-11-4-12-20-28/h1-22,29-30H,23-24H2. The molecule has 0 radical (unpaired) electrons. The van der Waals surface area contributed by atoms with E-state index >= 15 is 0 Å². The van der Waals surface area contributed by atoms with Crippen molar-refractivity contribution in [2.75, 3.05) is 12.3 Å². The van der Waals surface area contributed by atoms with Gasteiger partial charge in [-0.1, -0.05) is 0 Å². The summed E-state index contributed by atoms with van der Waals surface area (Å²) in [5.74, 6) is 0. The molecule has 178 valence electrons. The quantitative estimate of drug-likeness (QED) is 0.124. The SMILES string of the molecule is C1=CC2(CP(c3ccccc3)c3ccccc3)[Se]C2(CP(c2ccccc2)c2ccccc2)C2[Se]C12. The van der Waals surface area contributed by atoms with E-state index < -0.39 is 0 Å². The normalized spacial score (nSPS) is 27.5. The molecule has 4 aromatic carbocycles. The van der Waals surface area contributed by atoms with Gasteiger partial charge in [0, 0.05) is 0 Å². The number of fused-ring (bicyclic) bond motifs is 3. The summed E-state index contributed by atoms with van der Waals surface area (Å²) in [6.07, 6.45) is 8.08. The van der Waals surface area contributed by atoms with Crippen LogP contribution in [-0.2, 0) is 0 Å². The van der Waals surface area contributed by atoms with E-state index in [1.165, 1.54) is 22.9 Å². The van der Waals surface area contributed by atoms with E-state index in [4.69, 9.17) is 0 Å². The van der Waals surface area contributed by atoms with Crippen LogP contribution in [0.2, 0.25) is 18.3 Å². The predicted octanol–water partition coefficient (Wildman–Crippen LogP) is 6.15. The molecule has 0 spiro atoms. The Balaban J connectivity index is 1.27. The van der Waals surface area contributed by atoms with Gasteiger partial charge in [0.05, 0.1) is 0 Å². The van der Waals surface area contributed by atoms with Gasteiger partial charge in [0.15, 0.2) is 0 Å². The van der Waals surface area contributed by atoms with Crippen molar-refractivity contribution < 1.29 is 0 Å². The number of allylic oxidation sites excluding steroid dienone is 2. The predicted molar refractivity (Wildman–Crippen MR) is 161 cm³/mol. The van der Waals surface area contributed by atoms with Crippen molar-refractivity contribution in [1.82, 2.24) is 0 Å². The van der Waals surface area contributed by atoms with Gasteiger partial charge in [-0.05, 0) is 0 Å². The van der Waals surface area contributed by atoms with Gasteiger partial charge >= 0.3 is 231 Å². The Kier molecular flexibility index (Phi) is 6.35. The molecule has 4 unspecified atom stereocenters. The van der Waals surface area contributed by atoms with Crippen LogP contribution >= 0.6 is 15.8 Å². The van der Waals surface area contributed by atoms with Crippen molar-refractivity contribution in [2.24, 2.45) is 0 Å². The molecule has 0 amide bonds. The van der Waals surface area contributed by atoms with Crippen molar-refractivity contribution in [3.05, 3.63) is 133 Å². The van der Waals surface area contributed by atoms with Gasteiger partial charge in [-0.2, -0.15) is 0 Å². The van der Waals surface area contributed by atoms with E-state index in [0.29, 0.717) is 23.6 Å². The molecule has 4 heteroatoms. The molecular formula is C32H28P2Se2. The molecule has 2 fully saturated rings. The molecule has 2 aliphatic heterocycles. The molecule has 36 heavy (non-hydrogen) atoms. The van der Waals surface area contributed by atoms with Crippen LogP contribution in [0.25, 0.3) is 0 Å². The first-order valence-electron chi connectivity index (χ1n) is 12.6. The third-order valence-electron chi connectivity index (χ3n) is 7.64. The summed E-state index contributed by atoms with van der Waals surface area (Å²) >= 11 is 1.47. The topological polar surface area (TPSA) is 0 Å². The Morgan fingerprint density at radius 1 is 0.556 bits per heavy atom. The van der Waals surface area contributed by atoms with Gasteiger partial charge in [-0.25, -0.2) is 0 Å². The van der Waals surface area contributed by atoms with Crippen LogP contribution in [0.1, 0.15) is 0 Å². The van der Waals surface area contributed by atoms with E-state index in [1.54, 1.807) is 10.6 Å². The zero-order valence-corrected chi connectivity index (χ0v) is 25.2. The molecule has 4 atom stereocenters. The Labute approximate surface area is 229 Å². The maximum absolute atomic E-state index is 2.74. The average molecular weight is 632 g/mol. The fraction of sp³-hybridized carbons (Fsp3) is 0.188. The van der Waals surface area contributed by atoms with Crippen LogP contribution in [-0.4, -0.2) is 42.2 Å². The zero-order valence-electron chi connectivity index (χ0n) is 20.0. The van der Waals surface area contributed by atoms with E-state index in [1.807, 2.05) is 0 Å². The van der Waals surface area contributed by atoms with Crippen molar-refractivity contribution >= 4 is 67.0 Å². The zero-order chi connectivity index (χ0) is 24.0. The van der Waals surface area contributed by atoms with E-state index in [-0.39, 0.29) is 15.8 Å². The third kappa shape index (κ3) is 4.22. The first-order valence-corrected chi connectivity index (χ1v) is 19.3. The number of benzene rings is 4. The van der Waals surface area contributed by atoms with Gasteiger partial charge in [-0.3, -0.25) is 0 Å². The summed E-state index contributed by atoms with van der Waals surface area (Å²) in [4.78, 5) is 1.87. The molecular weight excluding hydrogens is 604 g/mol. The second-order valence-corrected chi connectivity index (χ2v) is 20.4. The minimum atomic E-state index is -0.368. The summed E-state index contributed by atoms with van der Waals surface area (Å²) in [5, 5.41) is 6.18. The summed E-state index contributed by atoms with van der Waals surface area (Å²) in [7, 11) is -0.715. The minimum absolute atomic E-state index is 0.347. The maximum atomic E-state index is 2.74. The van der Waals surface area contributed by atoms with Crippen LogP contribution < -0.4 is 21.2 Å². The van der Waals surface area contributed by atoms with Crippen LogP contribution in [0.3, 0.4) is 0 Å². The summed E-state index contributed by atoms with van der Waals surface area (Å²) in [6, 6.07) is 45.6. The average Bonchev–Trinajstić information content (AvgIpc) is 3.86. The molecule has 0 saturated carbocycles. The van der Waals surface area contributed by atoms with Crippen LogP contribution in [0.5, 0.6) is 0 Å². The van der Waals surface area contributed by atoms with Crippen molar-refractivity contribution in [1.29, 1.82) is 0 Å². The number of hydrogen-bond donors (Lipinski definition) is 0. The molecule has 0 nitrogen and oxygen atoms in total. The monoisotopic (exact) mass is 634 g/mol. The first kappa shape index (κ1) is 23.6. The Hall–Kier alpha value is -1.48. The number of rotatable bonds is 8. The molecule has 2 heterocycles. The summed E-state index contributed by atoms with van der Waals surface area (Å²) in [6.45, 7) is 0. The van der Waals surface area contributed by atoms with Crippen LogP contribution in [0.15, 0.2) is 133 Å². The van der Waals surface area contributed by atoms with Gasteiger partial charge in [0.25, 0.3) is 0 Å². The van der Waals surface area contributed by atoms with Gasteiger partial charge < -0.3 is 0 Å². The molecule has 0 aromatic heterocycles. The summed E-state index contributed by atoms with van der Waals surface area (Å²) in [5.41, 5.74) is 0. The summed E-state index contributed by atoms with van der Waals surface area (Å²) < 4.78 is 0.960. The number of hydrogen-bond acceptors (Lipinski definition) is 0. The van der Waals surface area contributed by atoms with Crippen LogP contribution in [0.4, 0.5) is 0 Å².